The topological polar surface area (TPSA) is 110 Å². The number of nitrogens with one attached hydrogen (secondary N) is 2. The molecule has 0 aliphatic rings. The molecule has 0 saturated carbocycles. The molecule has 0 saturated heterocycles. The summed E-state index contributed by atoms with van der Waals surface area (Å²) in [4.78, 5) is 30.5. The molecule has 0 fully saturated rings. The maximum atomic E-state index is 13.7. The Kier molecular flexibility index (Phi) is 7.45. The Morgan fingerprint density at radius 3 is 2.44 bits per heavy atom. The first-order valence-electron chi connectivity index (χ1n) is 13.4. The molecular weight excluding hydrogens is 523 g/mol. The monoisotopic (exact) mass is 554 g/mol. The van der Waals surface area contributed by atoms with Crippen LogP contribution in [0.1, 0.15) is 72.1 Å². The summed E-state index contributed by atoms with van der Waals surface area (Å²) >= 11 is 0. The van der Waals surface area contributed by atoms with Gasteiger partial charge in [-0.05, 0) is 91.4 Å². The van der Waals surface area contributed by atoms with Crippen LogP contribution in [0.5, 0.6) is 0 Å². The first-order valence-corrected chi connectivity index (χ1v) is 13.4. The zero-order valence-electron chi connectivity index (χ0n) is 23.5. The summed E-state index contributed by atoms with van der Waals surface area (Å²) in [6, 6.07) is 17.1. The average molecular weight is 555 g/mol. The van der Waals surface area contributed by atoms with E-state index < -0.39 is 5.54 Å². The molecule has 9 heteroatoms. The molecule has 2 aromatic heterocycles. The van der Waals surface area contributed by atoms with Crippen LogP contribution < -0.4 is 10.6 Å². The van der Waals surface area contributed by atoms with Crippen LogP contribution in [-0.4, -0.2) is 29.0 Å². The molecule has 0 radical (unpaired) electrons. The molecule has 1 unspecified atom stereocenters. The maximum Gasteiger partial charge on any atom is 0.255 e. The lowest BCUT2D eigenvalue weighted by molar-refractivity contribution is 0.0906. The van der Waals surface area contributed by atoms with Gasteiger partial charge in [0.15, 0.2) is 5.82 Å². The largest absolute Gasteiger partial charge is 0.455 e. The van der Waals surface area contributed by atoms with Gasteiger partial charge in [-0.2, -0.15) is 4.98 Å². The second-order valence-corrected chi connectivity index (χ2v) is 10.6. The number of hydrogen-bond acceptors (Lipinski definition) is 6. The van der Waals surface area contributed by atoms with Crippen molar-refractivity contribution in [2.75, 3.05) is 7.05 Å². The Morgan fingerprint density at radius 2 is 1.78 bits per heavy atom. The number of amides is 2. The molecule has 5 rings (SSSR count). The van der Waals surface area contributed by atoms with Gasteiger partial charge in [0, 0.05) is 23.6 Å². The summed E-state index contributed by atoms with van der Waals surface area (Å²) in [7, 11) is 1.56. The van der Waals surface area contributed by atoms with Crippen LogP contribution in [0.3, 0.4) is 0 Å². The summed E-state index contributed by atoms with van der Waals surface area (Å²) in [6.07, 6.45) is 2.09. The van der Waals surface area contributed by atoms with Crippen molar-refractivity contribution >= 4 is 22.8 Å². The molecular formula is C32H31FN4O4. The van der Waals surface area contributed by atoms with Crippen LogP contribution in [0, 0.1) is 5.82 Å². The Labute approximate surface area is 237 Å². The van der Waals surface area contributed by atoms with E-state index in [0.29, 0.717) is 39.2 Å². The molecule has 8 nitrogen and oxygen atoms in total. The highest BCUT2D eigenvalue weighted by atomic mass is 19.1. The quantitative estimate of drug-likeness (QED) is 0.218. The summed E-state index contributed by atoms with van der Waals surface area (Å²) in [5.74, 6) is -0.0966. The van der Waals surface area contributed by atoms with Crippen LogP contribution in [0.15, 0.2) is 76.0 Å². The summed E-state index contributed by atoms with van der Waals surface area (Å²) in [5.41, 5.74) is 3.84. The van der Waals surface area contributed by atoms with Crippen LogP contribution in [0.4, 0.5) is 4.39 Å². The fraction of sp³-hybridized carbons (Fsp3) is 0.250. The Bertz CT molecular complexity index is 1720. The van der Waals surface area contributed by atoms with E-state index >= 15 is 0 Å². The minimum Gasteiger partial charge on any atom is -0.455 e. The Balaban J connectivity index is 1.64. The van der Waals surface area contributed by atoms with Crippen molar-refractivity contribution in [1.29, 1.82) is 0 Å². The van der Waals surface area contributed by atoms with E-state index in [9.17, 15) is 14.0 Å². The van der Waals surface area contributed by atoms with Crippen molar-refractivity contribution in [3.05, 3.63) is 95.4 Å². The van der Waals surface area contributed by atoms with Gasteiger partial charge < -0.3 is 19.6 Å². The predicted octanol–water partition coefficient (Wildman–Crippen LogP) is 6.83. The normalized spacial score (nSPS) is 12.3. The molecule has 2 heterocycles. The molecule has 3 aromatic carbocycles. The smallest absolute Gasteiger partial charge is 0.255 e. The number of halogens is 1. The molecule has 2 amide bonds. The lowest BCUT2D eigenvalue weighted by atomic mass is 9.88. The first-order chi connectivity index (χ1) is 19.6. The molecule has 210 valence electrons. The SMILES string of the molecule is CCC(C)c1cc2oc(-c3ccc(F)cc3)c(C(=O)NC)c2cc1-c1cccc(C(=O)NC(C)(C)c2ncon2)c1. The summed E-state index contributed by atoms with van der Waals surface area (Å²) < 4.78 is 24.8. The molecule has 0 spiro atoms. The minimum absolute atomic E-state index is 0.159. The van der Waals surface area contributed by atoms with E-state index in [2.05, 4.69) is 34.6 Å². The van der Waals surface area contributed by atoms with Crippen molar-refractivity contribution in [2.45, 2.75) is 45.6 Å². The number of nitrogens with zero attached hydrogens (tertiary/aromatic N) is 2. The van der Waals surface area contributed by atoms with Gasteiger partial charge >= 0.3 is 0 Å². The van der Waals surface area contributed by atoms with E-state index in [1.54, 1.807) is 39.1 Å². The molecule has 5 aromatic rings. The Hall–Kier alpha value is -4.79. The highest BCUT2D eigenvalue weighted by Gasteiger charge is 2.28. The number of benzene rings is 3. The molecule has 0 bridgehead atoms. The molecule has 1 atom stereocenters. The number of rotatable bonds is 8. The van der Waals surface area contributed by atoms with Gasteiger partial charge in [-0.15, -0.1) is 0 Å². The zero-order valence-corrected chi connectivity index (χ0v) is 23.5. The fourth-order valence-corrected chi connectivity index (χ4v) is 4.88. The maximum absolute atomic E-state index is 13.7. The van der Waals surface area contributed by atoms with Crippen LogP contribution >= 0.6 is 0 Å². The van der Waals surface area contributed by atoms with Gasteiger partial charge in [0.25, 0.3) is 11.8 Å². The number of furan rings is 1. The molecule has 0 aliphatic carbocycles. The van der Waals surface area contributed by atoms with Crippen molar-refractivity contribution in [1.82, 2.24) is 20.8 Å². The van der Waals surface area contributed by atoms with Gasteiger partial charge in [0.1, 0.15) is 17.2 Å². The number of carbonyl (C=O) groups excluding carboxylic acids is 2. The molecule has 2 N–H and O–H groups in total. The van der Waals surface area contributed by atoms with Crippen LogP contribution in [0.2, 0.25) is 0 Å². The standard InChI is InChI=1S/C32H31FN4O4/c1-6-18(2)23-16-26-25(27(30(39)34-5)28(41-26)19-10-12-22(33)13-11-19)15-24(23)20-8-7-9-21(14-20)29(38)36-32(3,4)31-35-17-40-37-31/h7-18H,6H2,1-5H3,(H,34,39)(H,36,38). The second-order valence-electron chi connectivity index (χ2n) is 10.6. The van der Waals surface area contributed by atoms with Crippen molar-refractivity contribution in [3.63, 3.8) is 0 Å². The number of hydrogen-bond donors (Lipinski definition) is 2. The Morgan fingerprint density at radius 1 is 1.02 bits per heavy atom. The molecule has 41 heavy (non-hydrogen) atoms. The first kappa shape index (κ1) is 27.8. The van der Waals surface area contributed by atoms with Gasteiger partial charge in [-0.25, -0.2) is 4.39 Å². The van der Waals surface area contributed by atoms with Gasteiger partial charge in [0.2, 0.25) is 6.39 Å². The number of fused-ring (bicyclic) bond motifs is 1. The van der Waals surface area contributed by atoms with Crippen LogP contribution in [-0.2, 0) is 5.54 Å². The van der Waals surface area contributed by atoms with E-state index in [-0.39, 0.29) is 23.5 Å². The summed E-state index contributed by atoms with van der Waals surface area (Å²) in [5, 5.41) is 10.2. The lowest BCUT2D eigenvalue weighted by Crippen LogP contribution is -2.41. The highest BCUT2D eigenvalue weighted by Crippen LogP contribution is 2.40. The van der Waals surface area contributed by atoms with E-state index in [4.69, 9.17) is 8.94 Å². The molecule has 0 aliphatic heterocycles. The van der Waals surface area contributed by atoms with Crippen molar-refractivity contribution < 1.29 is 22.9 Å². The van der Waals surface area contributed by atoms with Crippen molar-refractivity contribution in [3.8, 4) is 22.5 Å². The average Bonchev–Trinajstić information content (AvgIpc) is 3.65. The number of carbonyl (C=O) groups is 2. The fourth-order valence-electron chi connectivity index (χ4n) is 4.88. The highest BCUT2D eigenvalue weighted by molar-refractivity contribution is 6.12. The number of aromatic nitrogens is 2. The summed E-state index contributed by atoms with van der Waals surface area (Å²) in [6.45, 7) is 7.82. The van der Waals surface area contributed by atoms with Gasteiger partial charge in [-0.3, -0.25) is 9.59 Å². The van der Waals surface area contributed by atoms with E-state index in [0.717, 1.165) is 23.1 Å². The van der Waals surface area contributed by atoms with Gasteiger partial charge in [0.05, 0.1) is 11.1 Å². The lowest BCUT2D eigenvalue weighted by Gasteiger charge is -2.22. The third-order valence-corrected chi connectivity index (χ3v) is 7.35. The minimum atomic E-state index is -0.850. The van der Waals surface area contributed by atoms with E-state index in [1.807, 2.05) is 30.3 Å². The van der Waals surface area contributed by atoms with Gasteiger partial charge in [-0.1, -0.05) is 31.1 Å². The third kappa shape index (κ3) is 5.35. The second kappa shape index (κ2) is 11.0. The van der Waals surface area contributed by atoms with E-state index in [1.165, 1.54) is 18.5 Å². The third-order valence-electron chi connectivity index (χ3n) is 7.35. The van der Waals surface area contributed by atoms with Crippen molar-refractivity contribution in [2.24, 2.45) is 0 Å². The predicted molar refractivity (Wildman–Crippen MR) is 154 cm³/mol. The van der Waals surface area contributed by atoms with Crippen LogP contribution in [0.25, 0.3) is 33.4 Å². The zero-order chi connectivity index (χ0) is 29.3.